The Kier molecular flexibility index (Phi) is 5.85. The number of nitrogens with one attached hydrogen (secondary N) is 2. The van der Waals surface area contributed by atoms with Gasteiger partial charge in [-0.3, -0.25) is 9.79 Å². The van der Waals surface area contributed by atoms with E-state index in [0.717, 1.165) is 56.4 Å². The van der Waals surface area contributed by atoms with Crippen molar-refractivity contribution in [1.29, 1.82) is 0 Å². The molecule has 2 aromatic rings. The molecule has 7 heteroatoms. The zero-order valence-corrected chi connectivity index (χ0v) is 16.8. The van der Waals surface area contributed by atoms with Crippen LogP contribution in [0.2, 0.25) is 0 Å². The van der Waals surface area contributed by atoms with Crippen molar-refractivity contribution in [1.82, 2.24) is 15.5 Å². The van der Waals surface area contributed by atoms with E-state index in [-0.39, 0.29) is 5.91 Å². The average molecular weight is 396 g/mol. The maximum Gasteiger partial charge on any atom is 0.251 e. The van der Waals surface area contributed by atoms with E-state index in [1.807, 2.05) is 43.4 Å². The first-order chi connectivity index (χ1) is 14.2. The van der Waals surface area contributed by atoms with Gasteiger partial charge in [0.1, 0.15) is 5.76 Å². The highest BCUT2D eigenvalue weighted by Gasteiger charge is 2.42. The van der Waals surface area contributed by atoms with Gasteiger partial charge in [-0.05, 0) is 42.7 Å². The summed E-state index contributed by atoms with van der Waals surface area (Å²) >= 11 is 0. The zero-order valence-electron chi connectivity index (χ0n) is 16.8. The molecule has 2 aliphatic rings. The highest BCUT2D eigenvalue weighted by molar-refractivity contribution is 5.94. The number of hydrogen-bond donors (Lipinski definition) is 2. The van der Waals surface area contributed by atoms with Crippen molar-refractivity contribution in [2.24, 2.45) is 10.4 Å². The summed E-state index contributed by atoms with van der Waals surface area (Å²) in [6, 6.07) is 11.3. The fraction of sp³-hybridized carbons (Fsp3) is 0.455. The minimum absolute atomic E-state index is 0.115. The molecule has 1 spiro atoms. The Morgan fingerprint density at radius 1 is 1.21 bits per heavy atom. The van der Waals surface area contributed by atoms with E-state index in [9.17, 15) is 4.79 Å². The van der Waals surface area contributed by atoms with Gasteiger partial charge in [0.25, 0.3) is 5.91 Å². The number of guanidine groups is 1. The Hall–Kier alpha value is -2.80. The zero-order chi connectivity index (χ0) is 20.1. The summed E-state index contributed by atoms with van der Waals surface area (Å²) in [5, 5.41) is 6.32. The van der Waals surface area contributed by atoms with E-state index in [4.69, 9.17) is 9.15 Å². The van der Waals surface area contributed by atoms with Crippen LogP contribution in [0.1, 0.15) is 34.5 Å². The van der Waals surface area contributed by atoms with Crippen molar-refractivity contribution in [2.75, 3.05) is 33.4 Å². The number of hydrogen-bond acceptors (Lipinski definition) is 4. The minimum Gasteiger partial charge on any atom is -0.467 e. The SMILES string of the molecule is CN=C(NCc1cccc(C(=O)NCc2ccco2)c1)N1CCC2(CCOC2)C1. The molecule has 0 radical (unpaired) electrons. The van der Waals surface area contributed by atoms with E-state index in [1.165, 1.54) is 0 Å². The number of amides is 1. The fourth-order valence-electron chi connectivity index (χ4n) is 4.11. The lowest BCUT2D eigenvalue weighted by atomic mass is 9.87. The Morgan fingerprint density at radius 2 is 2.14 bits per heavy atom. The van der Waals surface area contributed by atoms with Crippen LogP contribution < -0.4 is 10.6 Å². The Labute approximate surface area is 171 Å². The van der Waals surface area contributed by atoms with Crippen molar-refractivity contribution < 1.29 is 13.9 Å². The van der Waals surface area contributed by atoms with Gasteiger partial charge in [-0.2, -0.15) is 0 Å². The predicted molar refractivity (Wildman–Crippen MR) is 111 cm³/mol. The second kappa shape index (κ2) is 8.69. The third kappa shape index (κ3) is 4.62. The first-order valence-corrected chi connectivity index (χ1v) is 10.1. The smallest absolute Gasteiger partial charge is 0.251 e. The molecule has 2 fully saturated rings. The normalized spacial score (nSPS) is 21.7. The molecular weight excluding hydrogens is 368 g/mol. The molecule has 2 saturated heterocycles. The predicted octanol–water partition coefficient (Wildman–Crippen LogP) is 2.40. The van der Waals surface area contributed by atoms with Crippen LogP contribution in [0, 0.1) is 5.41 Å². The van der Waals surface area contributed by atoms with Gasteiger partial charge >= 0.3 is 0 Å². The van der Waals surface area contributed by atoms with Gasteiger partial charge in [-0.25, -0.2) is 0 Å². The maximum absolute atomic E-state index is 12.4. The molecule has 0 saturated carbocycles. The third-order valence-electron chi connectivity index (χ3n) is 5.78. The number of benzene rings is 1. The summed E-state index contributed by atoms with van der Waals surface area (Å²) in [6.07, 6.45) is 3.89. The molecule has 1 aromatic carbocycles. The van der Waals surface area contributed by atoms with Crippen LogP contribution in [0.25, 0.3) is 0 Å². The van der Waals surface area contributed by atoms with Crippen molar-refractivity contribution in [3.63, 3.8) is 0 Å². The van der Waals surface area contributed by atoms with Gasteiger partial charge in [0.15, 0.2) is 5.96 Å². The van der Waals surface area contributed by atoms with Crippen LogP contribution in [0.4, 0.5) is 0 Å². The third-order valence-corrected chi connectivity index (χ3v) is 5.78. The van der Waals surface area contributed by atoms with Crippen molar-refractivity contribution >= 4 is 11.9 Å². The minimum atomic E-state index is -0.115. The molecule has 2 N–H and O–H groups in total. The monoisotopic (exact) mass is 396 g/mol. The quantitative estimate of drug-likeness (QED) is 0.599. The molecule has 154 valence electrons. The highest BCUT2D eigenvalue weighted by Crippen LogP contribution is 2.38. The summed E-state index contributed by atoms with van der Waals surface area (Å²) in [7, 11) is 1.82. The number of carbonyl (C=O) groups is 1. The van der Waals surface area contributed by atoms with Gasteiger partial charge in [-0.15, -0.1) is 0 Å². The molecule has 2 aliphatic heterocycles. The number of nitrogens with zero attached hydrogens (tertiary/aromatic N) is 2. The lowest BCUT2D eigenvalue weighted by Gasteiger charge is -2.25. The Balaban J connectivity index is 1.32. The molecular formula is C22H28N4O3. The summed E-state index contributed by atoms with van der Waals surface area (Å²) < 4.78 is 10.9. The highest BCUT2D eigenvalue weighted by atomic mass is 16.5. The number of ether oxygens (including phenoxy) is 1. The summed E-state index contributed by atoms with van der Waals surface area (Å²) in [5.41, 5.74) is 1.97. The molecule has 7 nitrogen and oxygen atoms in total. The van der Waals surface area contributed by atoms with Crippen LogP contribution in [0.15, 0.2) is 52.1 Å². The Morgan fingerprint density at radius 3 is 2.90 bits per heavy atom. The number of aliphatic imine (C=N–C) groups is 1. The molecule has 0 aliphatic carbocycles. The number of likely N-dealkylation sites (tertiary alicyclic amines) is 1. The van der Waals surface area contributed by atoms with Crippen LogP contribution in [-0.4, -0.2) is 50.1 Å². The Bertz CT molecular complexity index is 857. The largest absolute Gasteiger partial charge is 0.467 e. The van der Waals surface area contributed by atoms with E-state index in [0.29, 0.717) is 24.1 Å². The van der Waals surface area contributed by atoms with Crippen LogP contribution in [-0.2, 0) is 17.8 Å². The molecule has 4 rings (SSSR count). The molecule has 1 unspecified atom stereocenters. The molecule has 0 bridgehead atoms. The number of furan rings is 1. The molecule has 3 heterocycles. The summed E-state index contributed by atoms with van der Waals surface area (Å²) in [6.45, 7) is 4.71. The second-order valence-corrected chi connectivity index (χ2v) is 7.84. The van der Waals surface area contributed by atoms with E-state index >= 15 is 0 Å². The van der Waals surface area contributed by atoms with Gasteiger partial charge < -0.3 is 24.7 Å². The average Bonchev–Trinajstić information content (AvgIpc) is 3.51. The lowest BCUT2D eigenvalue weighted by Crippen LogP contribution is -2.41. The lowest BCUT2D eigenvalue weighted by molar-refractivity contribution is 0.0948. The van der Waals surface area contributed by atoms with E-state index in [2.05, 4.69) is 20.5 Å². The van der Waals surface area contributed by atoms with E-state index in [1.54, 1.807) is 6.26 Å². The summed E-state index contributed by atoms with van der Waals surface area (Å²) in [5.74, 6) is 1.52. The second-order valence-electron chi connectivity index (χ2n) is 7.84. The summed E-state index contributed by atoms with van der Waals surface area (Å²) in [4.78, 5) is 19.2. The molecule has 1 aromatic heterocycles. The topological polar surface area (TPSA) is 79.1 Å². The van der Waals surface area contributed by atoms with Crippen molar-refractivity contribution in [2.45, 2.75) is 25.9 Å². The number of rotatable bonds is 5. The first kappa shape index (κ1) is 19.5. The molecule has 29 heavy (non-hydrogen) atoms. The fourth-order valence-corrected chi connectivity index (χ4v) is 4.11. The van der Waals surface area contributed by atoms with Gasteiger partial charge in [0.05, 0.1) is 19.4 Å². The first-order valence-electron chi connectivity index (χ1n) is 10.1. The molecule has 1 atom stereocenters. The van der Waals surface area contributed by atoms with Crippen molar-refractivity contribution in [3.8, 4) is 0 Å². The van der Waals surface area contributed by atoms with Crippen LogP contribution in [0.3, 0.4) is 0 Å². The van der Waals surface area contributed by atoms with Gasteiger partial charge in [-0.1, -0.05) is 12.1 Å². The van der Waals surface area contributed by atoms with Gasteiger partial charge in [0, 0.05) is 44.3 Å². The van der Waals surface area contributed by atoms with Crippen LogP contribution >= 0.6 is 0 Å². The number of carbonyl (C=O) groups excluding carboxylic acids is 1. The van der Waals surface area contributed by atoms with Crippen LogP contribution in [0.5, 0.6) is 0 Å². The molecule has 1 amide bonds. The maximum atomic E-state index is 12.4. The van der Waals surface area contributed by atoms with Gasteiger partial charge in [0.2, 0.25) is 0 Å². The standard InChI is InChI=1S/C22H28N4O3/c1-23-21(26-9-7-22(15-26)8-11-28-16-22)25-13-17-4-2-5-18(12-17)20(27)24-14-19-6-3-10-29-19/h2-6,10,12H,7-9,11,13-16H2,1H3,(H,23,25)(H,24,27). The van der Waals surface area contributed by atoms with E-state index < -0.39 is 0 Å². The van der Waals surface area contributed by atoms with Crippen molar-refractivity contribution in [3.05, 3.63) is 59.5 Å².